The predicted molar refractivity (Wildman–Crippen MR) is 141 cm³/mol. The monoisotopic (exact) mass is 549 g/mol. The molecule has 5 fully saturated rings. The Morgan fingerprint density at radius 2 is 1.56 bits per heavy atom. The minimum absolute atomic E-state index is 0.0104. The van der Waals surface area contributed by atoms with E-state index in [1.165, 1.54) is 13.8 Å². The van der Waals surface area contributed by atoms with E-state index in [4.69, 9.17) is 24.7 Å². The van der Waals surface area contributed by atoms with Crippen LogP contribution in [0.4, 0.5) is 0 Å². The first kappa shape index (κ1) is 28.8. The zero-order valence-electron chi connectivity index (χ0n) is 24.1. The van der Waals surface area contributed by atoms with E-state index in [0.717, 1.165) is 51.4 Å². The molecule has 39 heavy (non-hydrogen) atoms. The maximum Gasteiger partial charge on any atom is 0.307 e. The van der Waals surface area contributed by atoms with Gasteiger partial charge >= 0.3 is 17.9 Å². The van der Waals surface area contributed by atoms with Gasteiger partial charge in [-0.1, -0.05) is 13.8 Å². The molecule has 0 unspecified atom stereocenters. The Bertz CT molecular complexity index is 988. The molecular weight excluding hydrogens is 502 g/mol. The topological polar surface area (TPSA) is 134 Å². The van der Waals surface area contributed by atoms with E-state index in [2.05, 4.69) is 13.8 Å². The SMILES string of the molecule is CC(=O)O[C@@H]1C[C@@H](OC(C)=O)[C@H](C)O[C@H]1O[C@H]1CC[C@@]2(C)[C@H](CC[C@@H]3[C@@H]2CC[C@]2(C)[C@@H](C(=O)O)CC[C@]32N)C1. The maximum absolute atomic E-state index is 12.1. The zero-order chi connectivity index (χ0) is 28.3. The van der Waals surface area contributed by atoms with Gasteiger partial charge in [-0.3, -0.25) is 14.4 Å². The molecule has 0 amide bonds. The summed E-state index contributed by atoms with van der Waals surface area (Å²) >= 11 is 0. The second-order valence-corrected chi connectivity index (χ2v) is 13.7. The normalized spacial score (nSPS) is 49.2. The standard InChI is InChI=1S/C30H47NO8/c1-16-24(37-17(2)32)15-25(38-18(3)33)27(36-16)39-20-8-11-28(4)19(14-20)6-7-22-21(28)9-12-29(5)23(26(34)35)10-13-30(22,29)31/h16,19-25,27H,6-15,31H2,1-5H3,(H,34,35)/t16-,19+,20-,21-,22+,23+,24+,25+,27-,28-,29+,30-/m0/s1. The molecule has 0 aromatic carbocycles. The Kier molecular flexibility index (Phi) is 7.60. The van der Waals surface area contributed by atoms with E-state index < -0.39 is 41.9 Å². The summed E-state index contributed by atoms with van der Waals surface area (Å²) in [5.74, 6) is -0.505. The summed E-state index contributed by atoms with van der Waals surface area (Å²) in [6, 6.07) is 0. The molecule has 1 saturated heterocycles. The third kappa shape index (κ3) is 4.80. The number of esters is 2. The number of hydrogen-bond acceptors (Lipinski definition) is 8. The molecule has 9 heteroatoms. The molecule has 220 valence electrons. The van der Waals surface area contributed by atoms with Gasteiger partial charge < -0.3 is 29.8 Å². The maximum atomic E-state index is 12.1. The van der Waals surface area contributed by atoms with E-state index in [9.17, 15) is 19.5 Å². The van der Waals surface area contributed by atoms with Crippen molar-refractivity contribution in [3.05, 3.63) is 0 Å². The van der Waals surface area contributed by atoms with Crippen molar-refractivity contribution in [3.8, 4) is 0 Å². The number of hydrogen-bond donors (Lipinski definition) is 2. The lowest BCUT2D eigenvalue weighted by Gasteiger charge is -2.64. The second-order valence-electron chi connectivity index (χ2n) is 13.7. The van der Waals surface area contributed by atoms with Crippen LogP contribution in [0.3, 0.4) is 0 Å². The summed E-state index contributed by atoms with van der Waals surface area (Å²) in [7, 11) is 0. The van der Waals surface area contributed by atoms with Gasteiger partial charge in [-0.05, 0) is 93.3 Å². The molecule has 0 bridgehead atoms. The molecule has 1 aliphatic heterocycles. The lowest BCUT2D eigenvalue weighted by Crippen LogP contribution is -2.66. The van der Waals surface area contributed by atoms with Gasteiger partial charge in [0.15, 0.2) is 12.4 Å². The smallest absolute Gasteiger partial charge is 0.307 e. The number of ether oxygens (including phenoxy) is 4. The van der Waals surface area contributed by atoms with Crippen LogP contribution in [0.5, 0.6) is 0 Å². The number of carboxylic acid groups (broad SMARTS) is 1. The van der Waals surface area contributed by atoms with Gasteiger partial charge in [0.2, 0.25) is 0 Å². The Labute approximate surface area is 231 Å². The minimum atomic E-state index is -0.699. The van der Waals surface area contributed by atoms with Crippen LogP contribution < -0.4 is 5.73 Å². The zero-order valence-corrected chi connectivity index (χ0v) is 24.1. The van der Waals surface area contributed by atoms with Crippen molar-refractivity contribution in [3.63, 3.8) is 0 Å². The third-order valence-corrected chi connectivity index (χ3v) is 11.9. The third-order valence-electron chi connectivity index (χ3n) is 11.9. The molecule has 4 saturated carbocycles. The van der Waals surface area contributed by atoms with Crippen molar-refractivity contribution < 1.29 is 38.4 Å². The van der Waals surface area contributed by atoms with Crippen molar-refractivity contribution in [1.82, 2.24) is 0 Å². The molecule has 12 atom stereocenters. The highest BCUT2D eigenvalue weighted by molar-refractivity contribution is 5.72. The summed E-state index contributed by atoms with van der Waals surface area (Å²) in [5, 5.41) is 9.94. The molecule has 0 aromatic rings. The number of carbonyl (C=O) groups is 3. The highest BCUT2D eigenvalue weighted by atomic mass is 16.7. The van der Waals surface area contributed by atoms with E-state index in [1.54, 1.807) is 0 Å². The Balaban J connectivity index is 1.27. The summed E-state index contributed by atoms with van der Waals surface area (Å²) in [4.78, 5) is 35.5. The quantitative estimate of drug-likeness (QED) is 0.382. The van der Waals surface area contributed by atoms with E-state index in [0.29, 0.717) is 30.6 Å². The molecule has 5 aliphatic rings. The highest BCUT2D eigenvalue weighted by Gasteiger charge is 2.67. The van der Waals surface area contributed by atoms with Gasteiger partial charge in [-0.15, -0.1) is 0 Å². The molecule has 1 heterocycles. The molecule has 9 nitrogen and oxygen atoms in total. The van der Waals surface area contributed by atoms with Gasteiger partial charge in [0.1, 0.15) is 6.10 Å². The van der Waals surface area contributed by atoms with Crippen LogP contribution in [0.1, 0.15) is 98.8 Å². The van der Waals surface area contributed by atoms with Crippen molar-refractivity contribution in [1.29, 1.82) is 0 Å². The number of nitrogens with two attached hydrogens (primary N) is 1. The molecule has 4 aliphatic carbocycles. The average Bonchev–Trinajstić information content (AvgIpc) is 3.13. The summed E-state index contributed by atoms with van der Waals surface area (Å²) in [6.45, 7) is 9.16. The van der Waals surface area contributed by atoms with Gasteiger partial charge in [-0.25, -0.2) is 0 Å². The van der Waals surface area contributed by atoms with Gasteiger partial charge in [-0.2, -0.15) is 0 Å². The lowest BCUT2D eigenvalue weighted by molar-refractivity contribution is -0.288. The van der Waals surface area contributed by atoms with Crippen LogP contribution in [0.25, 0.3) is 0 Å². The van der Waals surface area contributed by atoms with Gasteiger partial charge in [0.25, 0.3) is 0 Å². The second kappa shape index (κ2) is 10.3. The molecule has 3 N–H and O–H groups in total. The first-order valence-corrected chi connectivity index (χ1v) is 15.0. The van der Waals surface area contributed by atoms with E-state index >= 15 is 0 Å². The Hall–Kier alpha value is -1.71. The fraction of sp³-hybridized carbons (Fsp3) is 0.900. The van der Waals surface area contributed by atoms with Crippen LogP contribution in [0, 0.1) is 34.5 Å². The predicted octanol–water partition coefficient (Wildman–Crippen LogP) is 4.19. The minimum Gasteiger partial charge on any atom is -0.481 e. The number of rotatable bonds is 5. The Morgan fingerprint density at radius 1 is 0.872 bits per heavy atom. The summed E-state index contributed by atoms with van der Waals surface area (Å²) < 4.78 is 23.6. The molecule has 5 rings (SSSR count). The van der Waals surface area contributed by atoms with Crippen LogP contribution in [0.2, 0.25) is 0 Å². The average molecular weight is 550 g/mol. The van der Waals surface area contributed by atoms with Crippen molar-refractivity contribution >= 4 is 17.9 Å². The van der Waals surface area contributed by atoms with E-state index in [1.807, 2.05) is 6.92 Å². The highest BCUT2D eigenvalue weighted by Crippen LogP contribution is 2.68. The number of fused-ring (bicyclic) bond motifs is 5. The van der Waals surface area contributed by atoms with Crippen molar-refractivity contribution in [2.45, 2.75) is 135 Å². The number of carboxylic acids is 1. The molecule has 0 radical (unpaired) electrons. The largest absolute Gasteiger partial charge is 0.481 e. The van der Waals surface area contributed by atoms with Crippen molar-refractivity contribution in [2.75, 3.05) is 0 Å². The van der Waals surface area contributed by atoms with Crippen molar-refractivity contribution in [2.24, 2.45) is 40.2 Å². The van der Waals surface area contributed by atoms with E-state index in [-0.39, 0.29) is 29.0 Å². The van der Waals surface area contributed by atoms with Crippen LogP contribution in [0.15, 0.2) is 0 Å². The van der Waals surface area contributed by atoms with Crippen LogP contribution >= 0.6 is 0 Å². The first-order chi connectivity index (χ1) is 18.3. The summed E-state index contributed by atoms with van der Waals surface area (Å²) in [6.07, 6.45) is 6.47. The molecule has 0 spiro atoms. The first-order valence-electron chi connectivity index (χ1n) is 15.0. The van der Waals surface area contributed by atoms with Crippen LogP contribution in [-0.2, 0) is 33.3 Å². The number of carbonyl (C=O) groups excluding carboxylic acids is 2. The number of aliphatic carboxylic acids is 1. The van der Waals surface area contributed by atoms with Gasteiger partial charge in [0.05, 0.1) is 18.1 Å². The molecular formula is C30H47NO8. The summed E-state index contributed by atoms with van der Waals surface area (Å²) in [5.41, 5.74) is 6.64. The van der Waals surface area contributed by atoms with Crippen LogP contribution in [-0.4, -0.2) is 59.3 Å². The van der Waals surface area contributed by atoms with Gasteiger partial charge in [0, 0.05) is 25.8 Å². The lowest BCUT2D eigenvalue weighted by atomic mass is 9.42. The fourth-order valence-electron chi connectivity index (χ4n) is 9.71. The fourth-order valence-corrected chi connectivity index (χ4v) is 9.71. The Morgan fingerprint density at radius 3 is 2.23 bits per heavy atom. The molecule has 0 aromatic heterocycles.